The van der Waals surface area contributed by atoms with Gasteiger partial charge in [0.2, 0.25) is 0 Å². The highest BCUT2D eigenvalue weighted by Gasteiger charge is 2.22. The van der Waals surface area contributed by atoms with E-state index < -0.39 is 0 Å². The average molecular weight is 384 g/mol. The zero-order valence-electron chi connectivity index (χ0n) is 13.8. The van der Waals surface area contributed by atoms with Crippen molar-refractivity contribution >= 4 is 39.9 Å². The van der Waals surface area contributed by atoms with Crippen LogP contribution in [0, 0.1) is 11.3 Å². The lowest BCUT2D eigenvalue weighted by molar-refractivity contribution is 0.522. The number of hydrogen-bond acceptors (Lipinski definition) is 5. The van der Waals surface area contributed by atoms with E-state index in [9.17, 15) is 5.26 Å². The second kappa shape index (κ2) is 7.08. The number of hydrogen-bond donors (Lipinski definition) is 1. The molecule has 1 fully saturated rings. The Balaban J connectivity index is 1.83. The standard InChI is InChI=1S/C19H15Cl2N5/c20-13-3-1-12(2-4-13)15-7-16-18(8-17(15)21)24-11-25-19(16)26-6-5-23-14(9-22)10-26/h1-4,7-8,11,14,23H,5-6,10H2. The number of anilines is 1. The van der Waals surface area contributed by atoms with Crippen molar-refractivity contribution in [3.05, 3.63) is 52.8 Å². The van der Waals surface area contributed by atoms with Crippen LogP contribution in [-0.2, 0) is 0 Å². The molecule has 0 bridgehead atoms. The molecule has 0 saturated carbocycles. The maximum Gasteiger partial charge on any atom is 0.140 e. The predicted octanol–water partition coefficient (Wildman–Crippen LogP) is 3.91. The summed E-state index contributed by atoms with van der Waals surface area (Å²) in [5.74, 6) is 0.823. The van der Waals surface area contributed by atoms with Gasteiger partial charge in [0.25, 0.3) is 0 Å². The molecule has 0 amide bonds. The van der Waals surface area contributed by atoms with E-state index >= 15 is 0 Å². The van der Waals surface area contributed by atoms with Crippen molar-refractivity contribution in [2.24, 2.45) is 0 Å². The van der Waals surface area contributed by atoms with E-state index in [1.807, 2.05) is 36.4 Å². The van der Waals surface area contributed by atoms with Crippen molar-refractivity contribution in [1.29, 1.82) is 5.26 Å². The molecule has 0 aliphatic carbocycles. The first kappa shape index (κ1) is 17.0. The molecule has 0 spiro atoms. The molecule has 130 valence electrons. The van der Waals surface area contributed by atoms with Gasteiger partial charge in [-0.05, 0) is 29.8 Å². The Labute approximate surface area is 161 Å². The van der Waals surface area contributed by atoms with Gasteiger partial charge >= 0.3 is 0 Å². The number of nitrogens with one attached hydrogen (secondary N) is 1. The minimum Gasteiger partial charge on any atom is -0.352 e. The lowest BCUT2D eigenvalue weighted by atomic mass is 10.0. The Morgan fingerprint density at radius 2 is 1.96 bits per heavy atom. The molecule has 26 heavy (non-hydrogen) atoms. The van der Waals surface area contributed by atoms with Crippen molar-refractivity contribution in [3.8, 4) is 17.2 Å². The van der Waals surface area contributed by atoms with E-state index in [2.05, 4.69) is 26.3 Å². The van der Waals surface area contributed by atoms with Crippen molar-refractivity contribution in [2.75, 3.05) is 24.5 Å². The van der Waals surface area contributed by atoms with Crippen molar-refractivity contribution in [1.82, 2.24) is 15.3 Å². The molecule has 1 aliphatic heterocycles. The Morgan fingerprint density at radius 1 is 1.15 bits per heavy atom. The fourth-order valence-corrected chi connectivity index (χ4v) is 3.59. The molecule has 4 rings (SSSR count). The average Bonchev–Trinajstić information content (AvgIpc) is 2.68. The molecule has 1 unspecified atom stereocenters. The summed E-state index contributed by atoms with van der Waals surface area (Å²) in [7, 11) is 0. The van der Waals surface area contributed by atoms with Crippen molar-refractivity contribution < 1.29 is 0 Å². The van der Waals surface area contributed by atoms with Gasteiger partial charge in [0.15, 0.2) is 0 Å². The zero-order chi connectivity index (χ0) is 18.1. The summed E-state index contributed by atoms with van der Waals surface area (Å²) in [5, 5.41) is 14.6. The molecular weight excluding hydrogens is 369 g/mol. The number of fused-ring (bicyclic) bond motifs is 1. The first-order chi connectivity index (χ1) is 12.7. The number of nitrogens with zero attached hydrogens (tertiary/aromatic N) is 4. The fraction of sp³-hybridized carbons (Fsp3) is 0.211. The van der Waals surface area contributed by atoms with Gasteiger partial charge in [0.05, 0.1) is 16.6 Å². The Kier molecular flexibility index (Phi) is 4.64. The van der Waals surface area contributed by atoms with Gasteiger partial charge in [-0.25, -0.2) is 9.97 Å². The maximum atomic E-state index is 9.22. The lowest BCUT2D eigenvalue weighted by Gasteiger charge is -2.32. The third kappa shape index (κ3) is 3.19. The summed E-state index contributed by atoms with van der Waals surface area (Å²) in [6.45, 7) is 2.10. The summed E-state index contributed by atoms with van der Waals surface area (Å²) in [6.07, 6.45) is 1.54. The quantitative estimate of drug-likeness (QED) is 0.726. The second-order valence-corrected chi connectivity index (χ2v) is 6.98. The fourth-order valence-electron chi connectivity index (χ4n) is 3.20. The van der Waals surface area contributed by atoms with Crippen LogP contribution in [0.25, 0.3) is 22.0 Å². The maximum absolute atomic E-state index is 9.22. The highest BCUT2D eigenvalue weighted by Crippen LogP contribution is 2.35. The molecule has 1 aliphatic rings. The number of benzene rings is 2. The molecule has 7 heteroatoms. The number of piperazine rings is 1. The third-order valence-electron chi connectivity index (χ3n) is 4.49. The van der Waals surface area contributed by atoms with Crippen LogP contribution in [-0.4, -0.2) is 35.6 Å². The van der Waals surface area contributed by atoms with Gasteiger partial charge < -0.3 is 4.90 Å². The number of halogens is 2. The highest BCUT2D eigenvalue weighted by atomic mass is 35.5. The Bertz CT molecular complexity index is 997. The largest absolute Gasteiger partial charge is 0.352 e. The van der Waals surface area contributed by atoms with E-state index in [-0.39, 0.29) is 6.04 Å². The minimum absolute atomic E-state index is 0.211. The molecule has 1 saturated heterocycles. The summed E-state index contributed by atoms with van der Waals surface area (Å²) >= 11 is 12.5. The summed E-state index contributed by atoms with van der Waals surface area (Å²) in [6, 6.07) is 13.5. The van der Waals surface area contributed by atoms with Gasteiger partial charge in [0, 0.05) is 35.6 Å². The van der Waals surface area contributed by atoms with Gasteiger partial charge in [-0.3, -0.25) is 5.32 Å². The van der Waals surface area contributed by atoms with Crippen LogP contribution < -0.4 is 10.2 Å². The van der Waals surface area contributed by atoms with E-state index in [1.54, 1.807) is 6.33 Å². The van der Waals surface area contributed by atoms with Crippen LogP contribution in [0.4, 0.5) is 5.82 Å². The summed E-state index contributed by atoms with van der Waals surface area (Å²) in [5.41, 5.74) is 2.66. The zero-order valence-corrected chi connectivity index (χ0v) is 15.3. The van der Waals surface area contributed by atoms with Gasteiger partial charge in [-0.2, -0.15) is 5.26 Å². The monoisotopic (exact) mass is 383 g/mol. The Morgan fingerprint density at radius 3 is 2.73 bits per heavy atom. The first-order valence-electron chi connectivity index (χ1n) is 8.24. The highest BCUT2D eigenvalue weighted by molar-refractivity contribution is 6.34. The SMILES string of the molecule is N#CC1CN(c2ncnc3cc(Cl)c(-c4ccc(Cl)cc4)cc23)CCN1. The van der Waals surface area contributed by atoms with Crippen LogP contribution in [0.5, 0.6) is 0 Å². The molecule has 0 radical (unpaired) electrons. The first-order valence-corrected chi connectivity index (χ1v) is 8.99. The van der Waals surface area contributed by atoms with Gasteiger partial charge in [-0.1, -0.05) is 35.3 Å². The molecule has 3 aromatic rings. The molecule has 1 atom stereocenters. The van der Waals surface area contributed by atoms with Crippen molar-refractivity contribution in [2.45, 2.75) is 6.04 Å². The second-order valence-electron chi connectivity index (χ2n) is 6.14. The summed E-state index contributed by atoms with van der Waals surface area (Å²) < 4.78 is 0. The van der Waals surface area contributed by atoms with Gasteiger partial charge in [-0.15, -0.1) is 0 Å². The predicted molar refractivity (Wildman–Crippen MR) is 105 cm³/mol. The van der Waals surface area contributed by atoms with E-state index in [0.717, 1.165) is 40.9 Å². The summed E-state index contributed by atoms with van der Waals surface area (Å²) in [4.78, 5) is 11.0. The topological polar surface area (TPSA) is 64.8 Å². The molecule has 5 nitrogen and oxygen atoms in total. The Hall–Kier alpha value is -2.39. The smallest absolute Gasteiger partial charge is 0.140 e. The molecule has 2 heterocycles. The van der Waals surface area contributed by atoms with Crippen LogP contribution in [0.2, 0.25) is 10.0 Å². The van der Waals surface area contributed by atoms with E-state index in [1.165, 1.54) is 0 Å². The molecular formula is C19H15Cl2N5. The lowest BCUT2D eigenvalue weighted by Crippen LogP contribution is -2.50. The number of rotatable bonds is 2. The molecule has 1 aromatic heterocycles. The van der Waals surface area contributed by atoms with Crippen LogP contribution in [0.1, 0.15) is 0 Å². The molecule has 2 aromatic carbocycles. The molecule has 1 N–H and O–H groups in total. The van der Waals surface area contributed by atoms with Gasteiger partial charge in [0.1, 0.15) is 18.2 Å². The van der Waals surface area contributed by atoms with Crippen LogP contribution in [0.15, 0.2) is 42.7 Å². The van der Waals surface area contributed by atoms with E-state index in [4.69, 9.17) is 23.2 Å². The van der Waals surface area contributed by atoms with Crippen LogP contribution >= 0.6 is 23.2 Å². The van der Waals surface area contributed by atoms with Crippen molar-refractivity contribution in [3.63, 3.8) is 0 Å². The normalized spacial score (nSPS) is 17.3. The number of nitriles is 1. The minimum atomic E-state index is -0.211. The van der Waals surface area contributed by atoms with Crippen LogP contribution in [0.3, 0.4) is 0 Å². The number of aromatic nitrogens is 2. The third-order valence-corrected chi connectivity index (χ3v) is 5.05. The van der Waals surface area contributed by atoms with E-state index in [0.29, 0.717) is 16.6 Å².